The summed E-state index contributed by atoms with van der Waals surface area (Å²) in [6.07, 6.45) is 0. The lowest BCUT2D eigenvalue weighted by molar-refractivity contribution is -0.117. The van der Waals surface area contributed by atoms with Crippen LogP contribution >= 0.6 is 11.8 Å². The lowest BCUT2D eigenvalue weighted by Gasteiger charge is -2.14. The van der Waals surface area contributed by atoms with Gasteiger partial charge in [-0.3, -0.25) is 9.36 Å². The highest BCUT2D eigenvalue weighted by molar-refractivity contribution is 8.00. The molecule has 6 nitrogen and oxygen atoms in total. The van der Waals surface area contributed by atoms with E-state index in [9.17, 15) is 4.79 Å². The van der Waals surface area contributed by atoms with Crippen LogP contribution in [0.1, 0.15) is 23.9 Å². The number of aromatic nitrogens is 3. The van der Waals surface area contributed by atoms with Gasteiger partial charge in [0.2, 0.25) is 5.91 Å². The molecule has 0 aliphatic carbocycles. The number of rotatable bonds is 7. The summed E-state index contributed by atoms with van der Waals surface area (Å²) in [5.41, 5.74) is 8.44. The van der Waals surface area contributed by atoms with E-state index >= 15 is 0 Å². The molecule has 0 fully saturated rings. The smallest absolute Gasteiger partial charge is 0.230 e. The standard InChI is InChI=1S/C20H22N4O2S/c1-13-8-7-9-14(2)18(13)26-12-17-22-23-20(27-15(3)19(21)25)24(17)16-10-5-4-6-11-16/h4-11,15H,12H2,1-3H3,(H2,21,25). The van der Waals surface area contributed by atoms with Crippen molar-refractivity contribution in [2.75, 3.05) is 0 Å². The fourth-order valence-corrected chi connectivity index (χ4v) is 3.52. The Bertz CT molecular complexity index is 920. The average Bonchev–Trinajstić information content (AvgIpc) is 3.04. The molecule has 27 heavy (non-hydrogen) atoms. The molecule has 2 N–H and O–H groups in total. The van der Waals surface area contributed by atoms with Crippen LogP contribution in [0.25, 0.3) is 5.69 Å². The fourth-order valence-electron chi connectivity index (χ4n) is 2.69. The summed E-state index contributed by atoms with van der Waals surface area (Å²) in [6.45, 7) is 6.04. The minimum atomic E-state index is -0.413. The number of nitrogens with zero attached hydrogens (tertiary/aromatic N) is 3. The minimum Gasteiger partial charge on any atom is -0.485 e. The number of nitrogens with two attached hydrogens (primary N) is 1. The summed E-state index contributed by atoms with van der Waals surface area (Å²) in [4.78, 5) is 11.5. The Labute approximate surface area is 162 Å². The zero-order valence-corrected chi connectivity index (χ0v) is 16.4. The zero-order valence-electron chi connectivity index (χ0n) is 15.5. The molecule has 1 atom stereocenters. The molecular formula is C20H22N4O2S. The highest BCUT2D eigenvalue weighted by Gasteiger charge is 2.20. The van der Waals surface area contributed by atoms with E-state index in [0.717, 1.165) is 22.6 Å². The summed E-state index contributed by atoms with van der Waals surface area (Å²) in [5.74, 6) is 1.11. The molecule has 3 rings (SSSR count). The molecule has 3 aromatic rings. The van der Waals surface area contributed by atoms with Crippen LogP contribution in [0.15, 0.2) is 53.7 Å². The summed E-state index contributed by atoms with van der Waals surface area (Å²) in [7, 11) is 0. The highest BCUT2D eigenvalue weighted by atomic mass is 32.2. The molecule has 0 aliphatic rings. The quantitative estimate of drug-likeness (QED) is 0.633. The number of ether oxygens (including phenoxy) is 1. The molecule has 1 unspecified atom stereocenters. The van der Waals surface area contributed by atoms with E-state index in [1.165, 1.54) is 11.8 Å². The van der Waals surface area contributed by atoms with Crippen LogP contribution in [0.2, 0.25) is 0 Å². The van der Waals surface area contributed by atoms with Crippen LogP contribution in [-0.2, 0) is 11.4 Å². The van der Waals surface area contributed by atoms with E-state index in [1.807, 2.05) is 66.9 Å². The van der Waals surface area contributed by atoms with Crippen LogP contribution in [0, 0.1) is 13.8 Å². The molecule has 0 aliphatic heterocycles. The predicted molar refractivity (Wildman–Crippen MR) is 106 cm³/mol. The van der Waals surface area contributed by atoms with E-state index < -0.39 is 11.2 Å². The van der Waals surface area contributed by atoms with E-state index in [4.69, 9.17) is 10.5 Å². The first kappa shape index (κ1) is 19.0. The van der Waals surface area contributed by atoms with Gasteiger partial charge in [-0.1, -0.05) is 48.2 Å². The summed E-state index contributed by atoms with van der Waals surface area (Å²) in [5, 5.41) is 8.75. The van der Waals surface area contributed by atoms with Crippen molar-refractivity contribution in [2.24, 2.45) is 5.73 Å². The van der Waals surface area contributed by atoms with Gasteiger partial charge in [0, 0.05) is 5.69 Å². The number of amides is 1. The Kier molecular flexibility index (Phi) is 5.81. The van der Waals surface area contributed by atoms with Crippen LogP contribution < -0.4 is 10.5 Å². The van der Waals surface area contributed by atoms with E-state index in [0.29, 0.717) is 11.0 Å². The molecule has 140 valence electrons. The van der Waals surface area contributed by atoms with Gasteiger partial charge >= 0.3 is 0 Å². The van der Waals surface area contributed by atoms with Gasteiger partial charge in [-0.2, -0.15) is 0 Å². The van der Waals surface area contributed by atoms with Gasteiger partial charge in [0.25, 0.3) is 0 Å². The van der Waals surface area contributed by atoms with Crippen LogP contribution in [0.3, 0.4) is 0 Å². The van der Waals surface area contributed by atoms with Crippen molar-refractivity contribution < 1.29 is 9.53 Å². The van der Waals surface area contributed by atoms with Crippen molar-refractivity contribution in [3.8, 4) is 11.4 Å². The Hall–Kier alpha value is -2.80. The summed E-state index contributed by atoms with van der Waals surface area (Å²) < 4.78 is 7.96. The largest absolute Gasteiger partial charge is 0.485 e. The van der Waals surface area contributed by atoms with Gasteiger partial charge in [0.05, 0.1) is 5.25 Å². The maximum absolute atomic E-state index is 11.5. The second-order valence-electron chi connectivity index (χ2n) is 6.24. The molecule has 0 saturated heterocycles. The van der Waals surface area contributed by atoms with Gasteiger partial charge in [0.1, 0.15) is 12.4 Å². The molecular weight excluding hydrogens is 360 g/mol. The molecule has 0 spiro atoms. The number of hydrogen-bond donors (Lipinski definition) is 1. The van der Waals surface area contributed by atoms with Crippen molar-refractivity contribution >= 4 is 17.7 Å². The van der Waals surface area contributed by atoms with Gasteiger partial charge in [-0.05, 0) is 44.0 Å². The summed E-state index contributed by atoms with van der Waals surface area (Å²) >= 11 is 1.28. The average molecular weight is 382 g/mol. The molecule has 0 radical (unpaired) electrons. The van der Waals surface area contributed by atoms with Gasteiger partial charge in [-0.15, -0.1) is 10.2 Å². The van der Waals surface area contributed by atoms with Crippen molar-refractivity contribution in [3.05, 3.63) is 65.5 Å². The minimum absolute atomic E-state index is 0.263. The maximum Gasteiger partial charge on any atom is 0.230 e. The van der Waals surface area contributed by atoms with E-state index in [-0.39, 0.29) is 6.61 Å². The van der Waals surface area contributed by atoms with Gasteiger partial charge in [-0.25, -0.2) is 0 Å². The van der Waals surface area contributed by atoms with Crippen molar-refractivity contribution in [1.29, 1.82) is 0 Å². The number of primary amides is 1. The monoisotopic (exact) mass is 382 g/mol. The van der Waals surface area contributed by atoms with Gasteiger partial charge in [0.15, 0.2) is 11.0 Å². The van der Waals surface area contributed by atoms with E-state index in [1.54, 1.807) is 6.92 Å². The number of thioether (sulfide) groups is 1. The first-order chi connectivity index (χ1) is 13.0. The number of benzene rings is 2. The Balaban J connectivity index is 1.93. The third kappa shape index (κ3) is 4.31. The van der Waals surface area contributed by atoms with E-state index in [2.05, 4.69) is 10.2 Å². The number of para-hydroxylation sites is 2. The van der Waals surface area contributed by atoms with Crippen LogP contribution in [-0.4, -0.2) is 25.9 Å². The molecule has 1 aromatic heterocycles. The number of carbonyl (C=O) groups is 1. The summed E-state index contributed by atoms with van der Waals surface area (Å²) in [6, 6.07) is 15.8. The highest BCUT2D eigenvalue weighted by Crippen LogP contribution is 2.27. The number of carbonyl (C=O) groups excluding carboxylic acids is 1. The molecule has 1 amide bonds. The topological polar surface area (TPSA) is 83.0 Å². The third-order valence-corrected chi connectivity index (χ3v) is 5.21. The van der Waals surface area contributed by atoms with Crippen molar-refractivity contribution in [3.63, 3.8) is 0 Å². The lowest BCUT2D eigenvalue weighted by Crippen LogP contribution is -2.23. The molecule has 1 heterocycles. The van der Waals surface area contributed by atoms with Crippen molar-refractivity contribution in [1.82, 2.24) is 14.8 Å². The molecule has 7 heteroatoms. The Morgan fingerprint density at radius 1 is 1.11 bits per heavy atom. The first-order valence-corrected chi connectivity index (χ1v) is 9.50. The fraction of sp³-hybridized carbons (Fsp3) is 0.250. The zero-order chi connectivity index (χ0) is 19.4. The number of aryl methyl sites for hydroxylation is 2. The Morgan fingerprint density at radius 3 is 2.41 bits per heavy atom. The normalized spacial score (nSPS) is 12.0. The second kappa shape index (κ2) is 8.26. The molecule has 2 aromatic carbocycles. The first-order valence-electron chi connectivity index (χ1n) is 8.62. The third-order valence-electron chi connectivity index (χ3n) is 4.15. The van der Waals surface area contributed by atoms with Gasteiger partial charge < -0.3 is 10.5 Å². The lowest BCUT2D eigenvalue weighted by atomic mass is 10.1. The van der Waals surface area contributed by atoms with Crippen molar-refractivity contribution in [2.45, 2.75) is 37.8 Å². The van der Waals surface area contributed by atoms with Crippen LogP contribution in [0.4, 0.5) is 0 Å². The predicted octanol–water partition coefficient (Wildman–Crippen LogP) is 3.43. The molecule has 0 bridgehead atoms. The maximum atomic E-state index is 11.5. The Morgan fingerprint density at radius 2 is 1.78 bits per heavy atom. The molecule has 0 saturated carbocycles. The second-order valence-corrected chi connectivity index (χ2v) is 7.55. The number of hydrogen-bond acceptors (Lipinski definition) is 5. The SMILES string of the molecule is Cc1cccc(C)c1OCc1nnc(SC(C)C(N)=O)n1-c1ccccc1. The van der Waals surface area contributed by atoms with Crippen LogP contribution in [0.5, 0.6) is 5.75 Å².